The van der Waals surface area contributed by atoms with E-state index >= 15 is 0 Å². The van der Waals surface area contributed by atoms with Crippen molar-refractivity contribution in [3.8, 4) is 0 Å². The van der Waals surface area contributed by atoms with Crippen molar-refractivity contribution in [1.82, 2.24) is 9.97 Å². The summed E-state index contributed by atoms with van der Waals surface area (Å²) in [5.74, 6) is 1.37. The molecule has 3 nitrogen and oxygen atoms in total. The summed E-state index contributed by atoms with van der Waals surface area (Å²) in [6.45, 7) is 5.70. The van der Waals surface area contributed by atoms with Crippen molar-refractivity contribution in [2.75, 3.05) is 23.9 Å². The summed E-state index contributed by atoms with van der Waals surface area (Å²) in [5, 5.41) is 0. The Hall–Kier alpha value is -0.830. The van der Waals surface area contributed by atoms with Crippen LogP contribution in [0.4, 0.5) is 5.95 Å². The lowest BCUT2D eigenvalue weighted by Crippen LogP contribution is -2.26. The van der Waals surface area contributed by atoms with E-state index in [0.717, 1.165) is 24.7 Å². The lowest BCUT2D eigenvalue weighted by Gasteiger charge is -2.19. The zero-order valence-electron chi connectivity index (χ0n) is 8.00. The van der Waals surface area contributed by atoms with Crippen molar-refractivity contribution in [2.24, 2.45) is 0 Å². The third-order valence-corrected chi connectivity index (χ3v) is 1.97. The van der Waals surface area contributed by atoms with E-state index < -0.39 is 0 Å². The van der Waals surface area contributed by atoms with Gasteiger partial charge < -0.3 is 4.90 Å². The first-order valence-corrected chi connectivity index (χ1v) is 4.92. The number of alkyl halides is 1. The average Bonchev–Trinajstić information content (AvgIpc) is 2.14. The predicted molar refractivity (Wildman–Crippen MR) is 55.4 cm³/mol. The van der Waals surface area contributed by atoms with Gasteiger partial charge >= 0.3 is 0 Å². The average molecular weight is 200 g/mol. The molecule has 1 aromatic heterocycles. The first-order chi connectivity index (χ1) is 6.27. The Kier molecular flexibility index (Phi) is 3.96. The van der Waals surface area contributed by atoms with Gasteiger partial charge in [-0.1, -0.05) is 0 Å². The van der Waals surface area contributed by atoms with Crippen LogP contribution in [0.5, 0.6) is 0 Å². The zero-order valence-corrected chi connectivity index (χ0v) is 8.75. The minimum atomic E-state index is 0.602. The molecule has 0 bridgehead atoms. The Morgan fingerprint density at radius 3 is 2.85 bits per heavy atom. The molecular formula is C9H14ClN3. The van der Waals surface area contributed by atoms with Gasteiger partial charge in [-0.15, -0.1) is 11.6 Å². The van der Waals surface area contributed by atoms with Gasteiger partial charge in [-0.2, -0.15) is 0 Å². The Morgan fingerprint density at radius 2 is 2.31 bits per heavy atom. The van der Waals surface area contributed by atoms with Gasteiger partial charge in [-0.05, 0) is 19.9 Å². The van der Waals surface area contributed by atoms with E-state index in [0.29, 0.717) is 5.88 Å². The van der Waals surface area contributed by atoms with Crippen molar-refractivity contribution in [1.29, 1.82) is 0 Å². The van der Waals surface area contributed by atoms with Crippen LogP contribution < -0.4 is 4.90 Å². The van der Waals surface area contributed by atoms with Gasteiger partial charge in [0.25, 0.3) is 0 Å². The number of rotatable bonds is 4. The van der Waals surface area contributed by atoms with Gasteiger partial charge in [-0.25, -0.2) is 9.97 Å². The lowest BCUT2D eigenvalue weighted by molar-refractivity contribution is 0.819. The molecule has 1 heterocycles. The minimum Gasteiger partial charge on any atom is -0.340 e. The first kappa shape index (κ1) is 10.3. The molecule has 72 valence electrons. The molecule has 0 spiro atoms. The molecule has 0 fully saturated rings. The van der Waals surface area contributed by atoms with Crippen LogP contribution in [-0.2, 0) is 0 Å². The molecule has 0 saturated heterocycles. The third kappa shape index (κ3) is 2.84. The monoisotopic (exact) mass is 199 g/mol. The number of hydrogen-bond acceptors (Lipinski definition) is 3. The first-order valence-electron chi connectivity index (χ1n) is 4.38. The van der Waals surface area contributed by atoms with Crippen LogP contribution in [0.25, 0.3) is 0 Å². The smallest absolute Gasteiger partial charge is 0.225 e. The Labute approximate surface area is 83.8 Å². The van der Waals surface area contributed by atoms with Gasteiger partial charge in [0.05, 0.1) is 0 Å². The molecule has 0 atom stereocenters. The second-order valence-corrected chi connectivity index (χ2v) is 3.14. The predicted octanol–water partition coefficient (Wildman–Crippen LogP) is 1.85. The van der Waals surface area contributed by atoms with Crippen molar-refractivity contribution in [2.45, 2.75) is 13.8 Å². The molecule has 0 saturated carbocycles. The molecule has 0 unspecified atom stereocenters. The summed E-state index contributed by atoms with van der Waals surface area (Å²) >= 11 is 5.67. The summed E-state index contributed by atoms with van der Waals surface area (Å²) < 4.78 is 0. The van der Waals surface area contributed by atoms with Crippen LogP contribution in [0, 0.1) is 6.92 Å². The Morgan fingerprint density at radius 1 is 1.54 bits per heavy atom. The zero-order chi connectivity index (χ0) is 9.68. The van der Waals surface area contributed by atoms with Crippen molar-refractivity contribution in [3.05, 3.63) is 18.0 Å². The number of halogens is 1. The van der Waals surface area contributed by atoms with Crippen LogP contribution >= 0.6 is 11.6 Å². The van der Waals surface area contributed by atoms with Gasteiger partial charge in [0, 0.05) is 30.9 Å². The molecular weight excluding hydrogens is 186 g/mol. The quantitative estimate of drug-likeness (QED) is 0.694. The maximum absolute atomic E-state index is 5.67. The fraction of sp³-hybridized carbons (Fsp3) is 0.556. The molecule has 4 heteroatoms. The molecule has 0 amide bonds. The van der Waals surface area contributed by atoms with Gasteiger partial charge in [0.15, 0.2) is 0 Å². The Bertz CT molecular complexity index is 265. The van der Waals surface area contributed by atoms with Crippen molar-refractivity contribution in [3.63, 3.8) is 0 Å². The van der Waals surface area contributed by atoms with E-state index in [-0.39, 0.29) is 0 Å². The highest BCUT2D eigenvalue weighted by Crippen LogP contribution is 2.06. The molecule has 1 rings (SSSR count). The fourth-order valence-electron chi connectivity index (χ4n) is 1.09. The number of aryl methyl sites for hydroxylation is 1. The summed E-state index contributed by atoms with van der Waals surface area (Å²) in [4.78, 5) is 10.6. The molecule has 0 radical (unpaired) electrons. The second-order valence-electron chi connectivity index (χ2n) is 2.77. The third-order valence-electron chi connectivity index (χ3n) is 1.80. The van der Waals surface area contributed by atoms with Crippen molar-refractivity contribution < 1.29 is 0 Å². The Balaban J connectivity index is 2.78. The molecule has 0 aliphatic rings. The fourth-order valence-corrected chi connectivity index (χ4v) is 1.29. The normalized spacial score (nSPS) is 10.1. The summed E-state index contributed by atoms with van der Waals surface area (Å²) in [6.07, 6.45) is 1.77. The lowest BCUT2D eigenvalue weighted by atomic mass is 10.4. The largest absolute Gasteiger partial charge is 0.340 e. The molecule has 0 aliphatic heterocycles. The maximum Gasteiger partial charge on any atom is 0.225 e. The van der Waals surface area contributed by atoms with E-state index in [9.17, 15) is 0 Å². The highest BCUT2D eigenvalue weighted by Gasteiger charge is 2.05. The van der Waals surface area contributed by atoms with Gasteiger partial charge in [0.1, 0.15) is 0 Å². The standard InChI is InChI=1S/C9H14ClN3/c1-3-13(7-5-10)9-11-6-4-8(2)12-9/h4,6H,3,5,7H2,1-2H3. The van der Waals surface area contributed by atoms with E-state index in [1.54, 1.807) is 6.20 Å². The SMILES string of the molecule is CCN(CCCl)c1nccc(C)n1. The molecule has 0 N–H and O–H groups in total. The van der Waals surface area contributed by atoms with Gasteiger partial charge in [-0.3, -0.25) is 0 Å². The van der Waals surface area contributed by atoms with Crippen LogP contribution in [-0.4, -0.2) is 28.9 Å². The number of anilines is 1. The van der Waals surface area contributed by atoms with Crippen molar-refractivity contribution >= 4 is 17.5 Å². The molecule has 0 aromatic carbocycles. The van der Waals surface area contributed by atoms with Crippen LogP contribution in [0.1, 0.15) is 12.6 Å². The number of aromatic nitrogens is 2. The van der Waals surface area contributed by atoms with Crippen LogP contribution in [0.3, 0.4) is 0 Å². The van der Waals surface area contributed by atoms with Crippen LogP contribution in [0.2, 0.25) is 0 Å². The summed E-state index contributed by atoms with van der Waals surface area (Å²) in [7, 11) is 0. The second kappa shape index (κ2) is 5.02. The van der Waals surface area contributed by atoms with Gasteiger partial charge in [0.2, 0.25) is 5.95 Å². The van der Waals surface area contributed by atoms with E-state index in [2.05, 4.69) is 21.8 Å². The highest BCUT2D eigenvalue weighted by atomic mass is 35.5. The van der Waals surface area contributed by atoms with E-state index in [1.165, 1.54) is 0 Å². The van der Waals surface area contributed by atoms with E-state index in [1.807, 2.05) is 13.0 Å². The van der Waals surface area contributed by atoms with E-state index in [4.69, 9.17) is 11.6 Å². The minimum absolute atomic E-state index is 0.602. The number of hydrogen-bond donors (Lipinski definition) is 0. The molecule has 13 heavy (non-hydrogen) atoms. The van der Waals surface area contributed by atoms with Crippen LogP contribution in [0.15, 0.2) is 12.3 Å². The maximum atomic E-state index is 5.67. The number of nitrogens with zero attached hydrogens (tertiary/aromatic N) is 3. The highest BCUT2D eigenvalue weighted by molar-refractivity contribution is 6.18. The molecule has 1 aromatic rings. The summed E-state index contributed by atoms with van der Waals surface area (Å²) in [6, 6.07) is 1.89. The molecule has 0 aliphatic carbocycles. The topological polar surface area (TPSA) is 29.0 Å². The summed E-state index contributed by atoms with van der Waals surface area (Å²) in [5.41, 5.74) is 0.984.